The molecule has 0 aliphatic carbocycles. The summed E-state index contributed by atoms with van der Waals surface area (Å²) in [5, 5.41) is 0. The number of ether oxygens (including phenoxy) is 1. The zero-order valence-electron chi connectivity index (χ0n) is 7.30. The number of carbonyl (C=O) groups excluding carboxylic acids is 1. The van der Waals surface area contributed by atoms with Gasteiger partial charge in [-0.3, -0.25) is 0 Å². The number of hydrogen-bond donors (Lipinski definition) is 1. The van der Waals surface area contributed by atoms with E-state index in [9.17, 15) is 4.79 Å². The summed E-state index contributed by atoms with van der Waals surface area (Å²) in [4.78, 5) is 15.1. The van der Waals surface area contributed by atoms with Crippen molar-refractivity contribution in [1.29, 1.82) is 0 Å². The molecule has 0 atom stereocenters. The lowest BCUT2D eigenvalue weighted by Gasteiger charge is -2.07. The predicted octanol–water partition coefficient (Wildman–Crippen LogP) is 1.36. The van der Waals surface area contributed by atoms with Crippen LogP contribution in [0.1, 0.15) is 15.9 Å². The maximum atomic E-state index is 11.3. The van der Waals surface area contributed by atoms with Gasteiger partial charge in [-0.25, -0.2) is 9.78 Å². The predicted molar refractivity (Wildman–Crippen MR) is 57.4 cm³/mol. The first-order chi connectivity index (χ1) is 6.07. The van der Waals surface area contributed by atoms with Crippen molar-refractivity contribution in [2.75, 3.05) is 12.8 Å². The average molecular weight is 292 g/mol. The van der Waals surface area contributed by atoms with Crippen molar-refractivity contribution in [3.63, 3.8) is 0 Å². The van der Waals surface area contributed by atoms with E-state index >= 15 is 0 Å². The Labute approximate surface area is 89.6 Å². The Balaban J connectivity index is 3.33. The Hall–Kier alpha value is -0.850. The molecule has 1 heterocycles. The number of anilines is 1. The second kappa shape index (κ2) is 3.91. The number of rotatable bonds is 1. The molecule has 0 spiro atoms. The van der Waals surface area contributed by atoms with Gasteiger partial charge in [0.05, 0.1) is 7.11 Å². The van der Waals surface area contributed by atoms with Gasteiger partial charge in [0.2, 0.25) is 0 Å². The molecule has 2 N–H and O–H groups in total. The van der Waals surface area contributed by atoms with Crippen LogP contribution in [0.15, 0.2) is 6.20 Å². The lowest BCUT2D eigenvalue weighted by atomic mass is 10.1. The third-order valence-electron chi connectivity index (χ3n) is 1.70. The molecule has 70 valence electrons. The topological polar surface area (TPSA) is 65.2 Å². The summed E-state index contributed by atoms with van der Waals surface area (Å²) in [7, 11) is 1.32. The smallest absolute Gasteiger partial charge is 0.341 e. The number of carbonyl (C=O) groups is 1. The number of aromatic nitrogens is 1. The highest BCUT2D eigenvalue weighted by Gasteiger charge is 2.15. The Morgan fingerprint density at radius 2 is 2.31 bits per heavy atom. The van der Waals surface area contributed by atoms with E-state index in [0.29, 0.717) is 5.56 Å². The summed E-state index contributed by atoms with van der Waals surface area (Å²) < 4.78 is 5.49. The van der Waals surface area contributed by atoms with E-state index in [-0.39, 0.29) is 5.82 Å². The first-order valence-corrected chi connectivity index (χ1v) is 4.64. The number of pyridine rings is 1. The molecule has 5 heteroatoms. The van der Waals surface area contributed by atoms with Gasteiger partial charge in [0.1, 0.15) is 11.4 Å². The summed E-state index contributed by atoms with van der Waals surface area (Å²) in [5.41, 5.74) is 6.71. The standard InChI is InChI=1S/C8H9IN2O2/c1-4-5(9)3-11-7(10)6(4)8(12)13-2/h3H,1-2H3,(H2,10,11). The van der Waals surface area contributed by atoms with E-state index in [1.807, 2.05) is 6.92 Å². The lowest BCUT2D eigenvalue weighted by molar-refractivity contribution is 0.0600. The summed E-state index contributed by atoms with van der Waals surface area (Å²) in [6, 6.07) is 0. The lowest BCUT2D eigenvalue weighted by Crippen LogP contribution is -2.10. The van der Waals surface area contributed by atoms with E-state index in [0.717, 1.165) is 9.13 Å². The fraction of sp³-hybridized carbons (Fsp3) is 0.250. The second-order valence-corrected chi connectivity index (χ2v) is 3.65. The number of halogens is 1. The van der Waals surface area contributed by atoms with Crippen molar-refractivity contribution in [2.45, 2.75) is 6.92 Å². The Bertz CT molecular complexity index is 352. The minimum atomic E-state index is -0.444. The van der Waals surface area contributed by atoms with E-state index in [1.54, 1.807) is 6.20 Å². The highest BCUT2D eigenvalue weighted by Crippen LogP contribution is 2.20. The number of nitrogen functional groups attached to an aromatic ring is 1. The molecule has 0 saturated heterocycles. The fourth-order valence-corrected chi connectivity index (χ4v) is 1.37. The zero-order valence-corrected chi connectivity index (χ0v) is 9.45. The molecule has 0 radical (unpaired) electrons. The maximum Gasteiger partial charge on any atom is 0.341 e. The molecule has 4 nitrogen and oxygen atoms in total. The molecule has 0 fully saturated rings. The molecule has 0 aliphatic rings. The van der Waals surface area contributed by atoms with Crippen molar-refractivity contribution in [3.8, 4) is 0 Å². The Kier molecular flexibility index (Phi) is 3.07. The van der Waals surface area contributed by atoms with Crippen LogP contribution in [0.25, 0.3) is 0 Å². The molecule has 13 heavy (non-hydrogen) atoms. The molecule has 0 aliphatic heterocycles. The highest BCUT2D eigenvalue weighted by atomic mass is 127. The normalized spacial score (nSPS) is 9.77. The molecule has 1 rings (SSSR count). The van der Waals surface area contributed by atoms with Crippen molar-refractivity contribution in [1.82, 2.24) is 4.98 Å². The number of nitrogens with two attached hydrogens (primary N) is 1. The van der Waals surface area contributed by atoms with E-state index in [1.165, 1.54) is 7.11 Å². The van der Waals surface area contributed by atoms with E-state index < -0.39 is 5.97 Å². The monoisotopic (exact) mass is 292 g/mol. The van der Waals surface area contributed by atoms with Crippen molar-refractivity contribution in [3.05, 3.63) is 20.9 Å². The van der Waals surface area contributed by atoms with Crippen molar-refractivity contribution in [2.24, 2.45) is 0 Å². The van der Waals surface area contributed by atoms with Crippen LogP contribution in [0.3, 0.4) is 0 Å². The highest BCUT2D eigenvalue weighted by molar-refractivity contribution is 14.1. The molecular weight excluding hydrogens is 283 g/mol. The fourth-order valence-electron chi connectivity index (χ4n) is 0.959. The maximum absolute atomic E-state index is 11.3. The van der Waals surface area contributed by atoms with Gasteiger partial charge >= 0.3 is 5.97 Å². The van der Waals surface area contributed by atoms with Gasteiger partial charge in [0.15, 0.2) is 0 Å². The molecule has 1 aromatic heterocycles. The number of nitrogens with zero attached hydrogens (tertiary/aromatic N) is 1. The van der Waals surface area contributed by atoms with Gasteiger partial charge < -0.3 is 10.5 Å². The molecule has 0 unspecified atom stereocenters. The molecular formula is C8H9IN2O2. The van der Waals surface area contributed by atoms with Crippen LogP contribution < -0.4 is 5.73 Å². The van der Waals surface area contributed by atoms with Crippen LogP contribution in [0.5, 0.6) is 0 Å². The summed E-state index contributed by atoms with van der Waals surface area (Å²) in [6.07, 6.45) is 1.62. The number of esters is 1. The van der Waals surface area contributed by atoms with Gasteiger partial charge in [-0.1, -0.05) is 0 Å². The average Bonchev–Trinajstić information content (AvgIpc) is 2.12. The second-order valence-electron chi connectivity index (χ2n) is 2.48. The molecule has 0 amide bonds. The van der Waals surface area contributed by atoms with Crippen molar-refractivity contribution >= 4 is 34.4 Å². The van der Waals surface area contributed by atoms with Crippen LogP contribution in [-0.4, -0.2) is 18.1 Å². The number of hydrogen-bond acceptors (Lipinski definition) is 4. The number of methoxy groups -OCH3 is 1. The third-order valence-corrected chi connectivity index (χ3v) is 2.78. The third kappa shape index (κ3) is 1.90. The van der Waals surface area contributed by atoms with E-state index in [4.69, 9.17) is 5.73 Å². The summed E-state index contributed by atoms with van der Waals surface area (Å²) in [6.45, 7) is 1.81. The SMILES string of the molecule is COC(=O)c1c(N)ncc(I)c1C. The molecule has 0 bridgehead atoms. The minimum absolute atomic E-state index is 0.213. The van der Waals surface area contributed by atoms with Gasteiger partial charge in [-0.15, -0.1) is 0 Å². The van der Waals surface area contributed by atoms with Crippen LogP contribution in [0.2, 0.25) is 0 Å². The van der Waals surface area contributed by atoms with Crippen molar-refractivity contribution < 1.29 is 9.53 Å². The van der Waals surface area contributed by atoms with Crippen LogP contribution >= 0.6 is 22.6 Å². The molecule has 0 aromatic carbocycles. The van der Waals surface area contributed by atoms with Crippen LogP contribution in [-0.2, 0) is 4.74 Å². The minimum Gasteiger partial charge on any atom is -0.465 e. The van der Waals surface area contributed by atoms with Gasteiger partial charge in [0.25, 0.3) is 0 Å². The molecule has 1 aromatic rings. The van der Waals surface area contributed by atoms with Gasteiger partial charge in [-0.05, 0) is 35.1 Å². The van der Waals surface area contributed by atoms with Crippen LogP contribution in [0.4, 0.5) is 5.82 Å². The summed E-state index contributed by atoms with van der Waals surface area (Å²) in [5.74, 6) is -0.231. The van der Waals surface area contributed by atoms with Gasteiger partial charge in [-0.2, -0.15) is 0 Å². The Morgan fingerprint density at radius 3 is 2.85 bits per heavy atom. The van der Waals surface area contributed by atoms with Gasteiger partial charge in [0, 0.05) is 9.77 Å². The molecule has 0 saturated carbocycles. The first-order valence-electron chi connectivity index (χ1n) is 3.56. The summed E-state index contributed by atoms with van der Waals surface area (Å²) >= 11 is 2.09. The quantitative estimate of drug-likeness (QED) is 0.627. The van der Waals surface area contributed by atoms with E-state index in [2.05, 4.69) is 32.3 Å². The zero-order chi connectivity index (χ0) is 10.0. The first kappa shape index (κ1) is 10.2. The van der Waals surface area contributed by atoms with Crippen LogP contribution in [0, 0.1) is 10.5 Å². The Morgan fingerprint density at radius 1 is 1.69 bits per heavy atom. The largest absolute Gasteiger partial charge is 0.465 e.